The Morgan fingerprint density at radius 2 is 1.90 bits per heavy atom. The van der Waals surface area contributed by atoms with Crippen molar-refractivity contribution in [2.24, 2.45) is 5.73 Å². The Kier molecular flexibility index (Phi) is 10.1. The number of nitrogens with two attached hydrogens (primary N) is 1. The van der Waals surface area contributed by atoms with Crippen molar-refractivity contribution < 1.29 is 18.0 Å². The molecule has 0 saturated carbocycles. The van der Waals surface area contributed by atoms with Crippen molar-refractivity contribution in [1.82, 2.24) is 0 Å². The van der Waals surface area contributed by atoms with E-state index in [0.717, 1.165) is 12.1 Å². The van der Waals surface area contributed by atoms with E-state index in [1.54, 1.807) is 6.08 Å². The van der Waals surface area contributed by atoms with Crippen molar-refractivity contribution in [2.75, 3.05) is 5.32 Å². The predicted octanol–water partition coefficient (Wildman–Crippen LogP) is 3.91. The molecule has 3 N–H and O–H groups in total. The van der Waals surface area contributed by atoms with Crippen LogP contribution in [0.1, 0.15) is 24.0 Å². The van der Waals surface area contributed by atoms with E-state index in [0.29, 0.717) is 12.0 Å². The minimum Gasteiger partial charge on any atom is -0.326 e. The predicted molar refractivity (Wildman–Crippen MR) is 81.9 cm³/mol. The van der Waals surface area contributed by atoms with E-state index in [9.17, 15) is 18.0 Å². The summed E-state index contributed by atoms with van der Waals surface area (Å²) in [4.78, 5) is 11.5. The summed E-state index contributed by atoms with van der Waals surface area (Å²) in [6.07, 6.45) is -2.25. The zero-order valence-corrected chi connectivity index (χ0v) is 12.7. The van der Waals surface area contributed by atoms with Crippen LogP contribution in [-0.2, 0) is 17.5 Å². The lowest BCUT2D eigenvalue weighted by molar-refractivity contribution is -0.137. The van der Waals surface area contributed by atoms with E-state index in [2.05, 4.69) is 11.9 Å². The van der Waals surface area contributed by atoms with Gasteiger partial charge in [0, 0.05) is 18.7 Å². The normalized spacial score (nSPS) is 10.1. The molecule has 0 bridgehead atoms. The highest BCUT2D eigenvalue weighted by Gasteiger charge is 2.31. The number of halogens is 5. The molecule has 1 aromatic rings. The van der Waals surface area contributed by atoms with Gasteiger partial charge in [-0.1, -0.05) is 6.08 Å². The van der Waals surface area contributed by atoms with Gasteiger partial charge in [0.05, 0.1) is 5.56 Å². The number of amides is 1. The molecule has 0 spiro atoms. The highest BCUT2D eigenvalue weighted by atomic mass is 35.5. The van der Waals surface area contributed by atoms with Crippen LogP contribution < -0.4 is 11.1 Å². The number of hydrogen-bond acceptors (Lipinski definition) is 2. The number of hydrogen-bond donors (Lipinski definition) is 2. The molecule has 8 heteroatoms. The molecule has 0 atom stereocenters. The lowest BCUT2D eigenvalue weighted by atomic mass is 10.1. The summed E-state index contributed by atoms with van der Waals surface area (Å²) in [6.45, 7) is 3.44. The number of nitrogens with one attached hydrogen (secondary N) is 1. The molecule has 0 heterocycles. The topological polar surface area (TPSA) is 55.1 Å². The van der Waals surface area contributed by atoms with E-state index in [4.69, 9.17) is 5.73 Å². The second-order valence-electron chi connectivity index (χ2n) is 4.00. The van der Waals surface area contributed by atoms with Crippen molar-refractivity contribution >= 4 is 36.4 Å². The molecule has 0 radical (unpaired) electrons. The number of allylic oxidation sites excluding steroid dienone is 1. The summed E-state index contributed by atoms with van der Waals surface area (Å²) in [5, 5.41) is 2.42. The van der Waals surface area contributed by atoms with E-state index in [-0.39, 0.29) is 49.4 Å². The van der Waals surface area contributed by atoms with Gasteiger partial charge in [0.2, 0.25) is 5.91 Å². The number of alkyl halides is 3. The number of carbonyl (C=O) groups is 1. The highest BCUT2D eigenvalue weighted by molar-refractivity contribution is 5.91. The number of benzene rings is 1. The maximum atomic E-state index is 12.7. The van der Waals surface area contributed by atoms with Gasteiger partial charge in [0.1, 0.15) is 0 Å². The van der Waals surface area contributed by atoms with Crippen LogP contribution in [0.4, 0.5) is 18.9 Å². The Bertz CT molecular complexity index is 479. The van der Waals surface area contributed by atoms with Crippen molar-refractivity contribution in [3.63, 3.8) is 0 Å². The van der Waals surface area contributed by atoms with Crippen molar-refractivity contribution in [3.8, 4) is 0 Å². The van der Waals surface area contributed by atoms with Crippen LogP contribution in [-0.4, -0.2) is 5.91 Å². The lowest BCUT2D eigenvalue weighted by Gasteiger charge is -2.12. The third kappa shape index (κ3) is 7.36. The summed E-state index contributed by atoms with van der Waals surface area (Å²) in [5.41, 5.74) is 4.94. The molecule has 0 aliphatic carbocycles. The maximum Gasteiger partial charge on any atom is 0.416 e. The first-order chi connectivity index (χ1) is 8.86. The van der Waals surface area contributed by atoms with E-state index >= 15 is 0 Å². The van der Waals surface area contributed by atoms with Crippen LogP contribution in [0, 0.1) is 0 Å². The molecule has 3 nitrogen and oxygen atoms in total. The van der Waals surface area contributed by atoms with Gasteiger partial charge in [-0.2, -0.15) is 13.2 Å². The van der Waals surface area contributed by atoms with Gasteiger partial charge in [0.25, 0.3) is 0 Å². The molecule has 0 aromatic heterocycles. The molecule has 21 heavy (non-hydrogen) atoms. The highest BCUT2D eigenvalue weighted by Crippen LogP contribution is 2.32. The Morgan fingerprint density at radius 1 is 1.29 bits per heavy atom. The molecule has 0 fully saturated rings. The van der Waals surface area contributed by atoms with E-state index < -0.39 is 11.7 Å². The quantitative estimate of drug-likeness (QED) is 0.795. The molecule has 1 amide bonds. The number of anilines is 1. The SMILES string of the molecule is C=CCCC(=O)Nc1cc(CN)cc(C(F)(F)F)c1.Cl.Cl. The second kappa shape index (κ2) is 9.65. The average molecular weight is 345 g/mol. The third-order valence-electron chi connectivity index (χ3n) is 2.42. The Hall–Kier alpha value is -1.24. The monoisotopic (exact) mass is 344 g/mol. The molecule has 1 aromatic carbocycles. The van der Waals surface area contributed by atoms with Crippen molar-refractivity contribution in [3.05, 3.63) is 42.0 Å². The smallest absolute Gasteiger partial charge is 0.326 e. The summed E-state index contributed by atoms with van der Waals surface area (Å²) in [5.74, 6) is -0.359. The molecule has 0 saturated heterocycles. The van der Waals surface area contributed by atoms with Crippen molar-refractivity contribution in [2.45, 2.75) is 25.6 Å². The lowest BCUT2D eigenvalue weighted by Crippen LogP contribution is -2.13. The fourth-order valence-corrected chi connectivity index (χ4v) is 1.50. The van der Waals surface area contributed by atoms with Gasteiger partial charge in [-0.3, -0.25) is 4.79 Å². The van der Waals surface area contributed by atoms with Crippen LogP contribution in [0.15, 0.2) is 30.9 Å². The number of carbonyl (C=O) groups excluding carboxylic acids is 1. The summed E-state index contributed by atoms with van der Waals surface area (Å²) in [7, 11) is 0. The van der Waals surface area contributed by atoms with E-state index in [1.165, 1.54) is 6.07 Å². The largest absolute Gasteiger partial charge is 0.416 e. The zero-order valence-electron chi connectivity index (χ0n) is 11.1. The Labute approximate surface area is 133 Å². The van der Waals surface area contributed by atoms with Gasteiger partial charge in [-0.05, 0) is 30.2 Å². The molecule has 0 aliphatic heterocycles. The summed E-state index contributed by atoms with van der Waals surface area (Å²) in [6, 6.07) is 3.30. The van der Waals surface area contributed by atoms with Gasteiger partial charge in [0.15, 0.2) is 0 Å². The summed E-state index contributed by atoms with van der Waals surface area (Å²) < 4.78 is 38.0. The molecule has 120 valence electrons. The first-order valence-corrected chi connectivity index (χ1v) is 5.68. The van der Waals surface area contributed by atoms with Gasteiger partial charge >= 0.3 is 6.18 Å². The first-order valence-electron chi connectivity index (χ1n) is 5.68. The van der Waals surface area contributed by atoms with Crippen LogP contribution in [0.5, 0.6) is 0 Å². The Balaban J connectivity index is 0. The number of rotatable bonds is 5. The van der Waals surface area contributed by atoms with Crippen LogP contribution in [0.2, 0.25) is 0 Å². The fraction of sp³-hybridized carbons (Fsp3) is 0.308. The maximum absolute atomic E-state index is 12.7. The standard InChI is InChI=1S/C13H15F3N2O.2ClH/c1-2-3-4-12(19)18-11-6-9(8-17)5-10(7-11)13(14,15)16;;/h2,5-7H,1,3-4,8,17H2,(H,18,19);2*1H. The average Bonchev–Trinajstić information content (AvgIpc) is 2.34. The minimum atomic E-state index is -4.47. The summed E-state index contributed by atoms with van der Waals surface area (Å²) >= 11 is 0. The van der Waals surface area contributed by atoms with Gasteiger partial charge < -0.3 is 11.1 Å². The third-order valence-corrected chi connectivity index (χ3v) is 2.42. The van der Waals surface area contributed by atoms with Crippen LogP contribution in [0.25, 0.3) is 0 Å². The van der Waals surface area contributed by atoms with Crippen LogP contribution in [0.3, 0.4) is 0 Å². The molecule has 0 unspecified atom stereocenters. The molecular weight excluding hydrogens is 328 g/mol. The Morgan fingerprint density at radius 3 is 2.38 bits per heavy atom. The van der Waals surface area contributed by atoms with E-state index in [1.807, 2.05) is 0 Å². The molecule has 1 rings (SSSR count). The molecular formula is C13H17Cl2F3N2O. The van der Waals surface area contributed by atoms with Gasteiger partial charge in [-0.25, -0.2) is 0 Å². The van der Waals surface area contributed by atoms with Crippen molar-refractivity contribution in [1.29, 1.82) is 0 Å². The zero-order chi connectivity index (χ0) is 14.5. The fourth-order valence-electron chi connectivity index (χ4n) is 1.50. The second-order valence-corrected chi connectivity index (χ2v) is 4.00. The molecule has 0 aliphatic rings. The van der Waals surface area contributed by atoms with Gasteiger partial charge in [-0.15, -0.1) is 31.4 Å². The minimum absolute atomic E-state index is 0. The van der Waals surface area contributed by atoms with Crippen LogP contribution >= 0.6 is 24.8 Å². The first kappa shape index (κ1) is 22.0.